The number of nitrogens with one attached hydrogen (secondary N) is 2. The zero-order chi connectivity index (χ0) is 12.8. The number of anilines is 1. The number of ether oxygens (including phenoxy) is 1. The van der Waals surface area contributed by atoms with Gasteiger partial charge in [-0.2, -0.15) is 0 Å². The fourth-order valence-corrected chi connectivity index (χ4v) is 1.24. The Kier molecular flexibility index (Phi) is 4.61. The van der Waals surface area contributed by atoms with Gasteiger partial charge in [-0.15, -0.1) is 6.42 Å². The normalized spacial score (nSPS) is 9.29. The Morgan fingerprint density at radius 1 is 1.65 bits per heavy atom. The van der Waals surface area contributed by atoms with Gasteiger partial charge in [0.2, 0.25) is 0 Å². The number of carbonyl (C=O) groups is 1. The summed E-state index contributed by atoms with van der Waals surface area (Å²) >= 11 is 5.75. The lowest BCUT2D eigenvalue weighted by molar-refractivity contribution is 0.254. The lowest BCUT2D eigenvalue weighted by atomic mass is 10.3. The van der Waals surface area contributed by atoms with Gasteiger partial charge >= 0.3 is 6.03 Å². The van der Waals surface area contributed by atoms with Gasteiger partial charge in [-0.25, -0.2) is 9.18 Å². The Labute approximate surface area is 103 Å². The van der Waals surface area contributed by atoms with Crippen molar-refractivity contribution in [2.75, 3.05) is 19.0 Å². The molecule has 6 heteroatoms. The molecule has 0 spiro atoms. The second kappa shape index (κ2) is 5.97. The Morgan fingerprint density at radius 3 is 2.94 bits per heavy atom. The van der Waals surface area contributed by atoms with E-state index in [1.165, 1.54) is 13.1 Å². The van der Waals surface area contributed by atoms with E-state index in [0.717, 1.165) is 6.07 Å². The molecule has 0 bridgehead atoms. The van der Waals surface area contributed by atoms with E-state index in [-0.39, 0.29) is 23.1 Å². The first kappa shape index (κ1) is 13.1. The van der Waals surface area contributed by atoms with Crippen LogP contribution in [0.2, 0.25) is 5.02 Å². The monoisotopic (exact) mass is 256 g/mol. The topological polar surface area (TPSA) is 50.4 Å². The molecule has 0 fully saturated rings. The molecule has 0 aliphatic rings. The van der Waals surface area contributed by atoms with E-state index in [4.69, 9.17) is 22.8 Å². The molecular weight excluding hydrogens is 247 g/mol. The lowest BCUT2D eigenvalue weighted by Gasteiger charge is -2.10. The average Bonchev–Trinajstić information content (AvgIpc) is 2.30. The first-order valence-electron chi connectivity index (χ1n) is 4.62. The molecule has 90 valence electrons. The highest BCUT2D eigenvalue weighted by Gasteiger charge is 2.11. The Hall–Kier alpha value is -1.93. The van der Waals surface area contributed by atoms with Crippen LogP contribution >= 0.6 is 11.6 Å². The summed E-state index contributed by atoms with van der Waals surface area (Å²) in [6.07, 6.45) is 5.02. The summed E-state index contributed by atoms with van der Waals surface area (Å²) in [5.74, 6) is 1.80. The van der Waals surface area contributed by atoms with Crippen LogP contribution in [0.4, 0.5) is 14.9 Å². The van der Waals surface area contributed by atoms with Crippen molar-refractivity contribution < 1.29 is 13.9 Å². The number of hydrogen-bond donors (Lipinski definition) is 2. The van der Waals surface area contributed by atoms with Crippen LogP contribution in [0.5, 0.6) is 5.75 Å². The molecule has 0 aliphatic heterocycles. The van der Waals surface area contributed by atoms with Crippen molar-refractivity contribution in [2.45, 2.75) is 0 Å². The fraction of sp³-hybridized carbons (Fsp3) is 0.182. The molecule has 0 heterocycles. The van der Waals surface area contributed by atoms with E-state index in [9.17, 15) is 9.18 Å². The van der Waals surface area contributed by atoms with Gasteiger partial charge in [0.25, 0.3) is 0 Å². The first-order chi connectivity index (χ1) is 8.08. The number of halogens is 2. The highest BCUT2D eigenvalue weighted by atomic mass is 35.5. The van der Waals surface area contributed by atoms with Crippen LogP contribution in [0.25, 0.3) is 0 Å². The predicted molar refractivity (Wildman–Crippen MR) is 63.8 cm³/mol. The third kappa shape index (κ3) is 3.54. The van der Waals surface area contributed by atoms with Crippen molar-refractivity contribution in [1.29, 1.82) is 0 Å². The summed E-state index contributed by atoms with van der Waals surface area (Å²) in [6.45, 7) is 0.00473. The Bertz CT molecular complexity index is 471. The van der Waals surface area contributed by atoms with Gasteiger partial charge in [-0.1, -0.05) is 17.5 Å². The molecule has 0 aromatic heterocycles. The molecule has 0 radical (unpaired) electrons. The number of amides is 2. The molecule has 0 saturated heterocycles. The highest BCUT2D eigenvalue weighted by molar-refractivity contribution is 6.32. The number of benzene rings is 1. The van der Waals surface area contributed by atoms with Crippen molar-refractivity contribution >= 4 is 23.3 Å². The molecule has 1 aromatic carbocycles. The van der Waals surface area contributed by atoms with Crippen LogP contribution in [0.3, 0.4) is 0 Å². The zero-order valence-corrected chi connectivity index (χ0v) is 9.77. The zero-order valence-electron chi connectivity index (χ0n) is 9.01. The Balaban J connectivity index is 2.97. The van der Waals surface area contributed by atoms with Crippen LogP contribution in [-0.4, -0.2) is 19.7 Å². The molecule has 0 aliphatic carbocycles. The third-order valence-corrected chi connectivity index (χ3v) is 2.10. The van der Waals surface area contributed by atoms with Gasteiger partial charge in [-0.3, -0.25) is 0 Å². The van der Waals surface area contributed by atoms with Crippen LogP contribution in [0.15, 0.2) is 12.1 Å². The number of carbonyl (C=O) groups excluding carboxylic acids is 1. The van der Waals surface area contributed by atoms with E-state index >= 15 is 0 Å². The second-order valence-corrected chi connectivity index (χ2v) is 3.37. The SMILES string of the molecule is C#CCOc1cc(NC(=O)NC)c(F)cc1Cl. The van der Waals surface area contributed by atoms with Crippen LogP contribution in [0, 0.1) is 18.2 Å². The van der Waals surface area contributed by atoms with E-state index in [0.29, 0.717) is 0 Å². The van der Waals surface area contributed by atoms with Crippen molar-refractivity contribution in [3.63, 3.8) is 0 Å². The molecule has 17 heavy (non-hydrogen) atoms. The Morgan fingerprint density at radius 2 is 2.35 bits per heavy atom. The van der Waals surface area contributed by atoms with Crippen LogP contribution in [0.1, 0.15) is 0 Å². The molecular formula is C11H10ClFN2O2. The summed E-state index contributed by atoms with van der Waals surface area (Å²) in [5.41, 5.74) is -0.0410. The summed E-state index contributed by atoms with van der Waals surface area (Å²) in [5, 5.41) is 4.67. The summed E-state index contributed by atoms with van der Waals surface area (Å²) < 4.78 is 18.5. The molecule has 0 unspecified atom stereocenters. The van der Waals surface area contributed by atoms with E-state index in [1.807, 2.05) is 0 Å². The minimum Gasteiger partial charge on any atom is -0.479 e. The minimum atomic E-state index is -0.661. The van der Waals surface area contributed by atoms with Gasteiger partial charge in [0.1, 0.15) is 18.2 Å². The largest absolute Gasteiger partial charge is 0.479 e. The van der Waals surface area contributed by atoms with Gasteiger partial charge < -0.3 is 15.4 Å². The maximum Gasteiger partial charge on any atom is 0.319 e. The van der Waals surface area contributed by atoms with Gasteiger partial charge in [0.05, 0.1) is 10.7 Å². The smallest absolute Gasteiger partial charge is 0.319 e. The fourth-order valence-electron chi connectivity index (χ4n) is 1.04. The molecule has 2 amide bonds. The van der Waals surface area contributed by atoms with Crippen molar-refractivity contribution in [1.82, 2.24) is 5.32 Å². The third-order valence-electron chi connectivity index (χ3n) is 1.81. The second-order valence-electron chi connectivity index (χ2n) is 2.96. The summed E-state index contributed by atoms with van der Waals surface area (Å²) in [4.78, 5) is 11.0. The van der Waals surface area contributed by atoms with Gasteiger partial charge in [-0.05, 0) is 6.07 Å². The van der Waals surface area contributed by atoms with Crippen molar-refractivity contribution in [2.24, 2.45) is 0 Å². The molecule has 0 atom stereocenters. The standard InChI is InChI=1S/C11H10ClFN2O2/c1-3-4-17-10-6-9(15-11(16)14-2)8(13)5-7(10)12/h1,5-6H,4H2,2H3,(H2,14,15,16). The highest BCUT2D eigenvalue weighted by Crippen LogP contribution is 2.30. The van der Waals surface area contributed by atoms with Crippen molar-refractivity contribution in [3.05, 3.63) is 23.0 Å². The van der Waals surface area contributed by atoms with Crippen LogP contribution in [-0.2, 0) is 0 Å². The molecule has 1 aromatic rings. The summed E-state index contributed by atoms with van der Waals surface area (Å²) in [7, 11) is 1.42. The average molecular weight is 257 g/mol. The van der Waals surface area contributed by atoms with Gasteiger partial charge in [0, 0.05) is 13.1 Å². The van der Waals surface area contributed by atoms with E-state index < -0.39 is 11.8 Å². The summed E-state index contributed by atoms with van der Waals surface area (Å²) in [6, 6.07) is 1.76. The molecule has 2 N–H and O–H groups in total. The molecule has 1 rings (SSSR count). The van der Waals surface area contributed by atoms with Crippen molar-refractivity contribution in [3.8, 4) is 18.1 Å². The quantitative estimate of drug-likeness (QED) is 0.815. The van der Waals surface area contributed by atoms with Gasteiger partial charge in [0.15, 0.2) is 0 Å². The van der Waals surface area contributed by atoms with E-state index in [1.54, 1.807) is 0 Å². The minimum absolute atomic E-state index is 0.00473. The molecule has 4 nitrogen and oxygen atoms in total. The lowest BCUT2D eigenvalue weighted by Crippen LogP contribution is -2.25. The number of terminal acetylenes is 1. The van der Waals surface area contributed by atoms with E-state index in [2.05, 4.69) is 16.6 Å². The number of hydrogen-bond acceptors (Lipinski definition) is 2. The van der Waals surface area contributed by atoms with Crippen LogP contribution < -0.4 is 15.4 Å². The predicted octanol–water partition coefficient (Wildman–Crippen LogP) is 2.24. The maximum atomic E-state index is 13.4. The maximum absolute atomic E-state index is 13.4. The first-order valence-corrected chi connectivity index (χ1v) is 5.00. The number of rotatable bonds is 3. The molecule has 0 saturated carbocycles. The number of urea groups is 1.